The molecule has 2 rings (SSSR count). The lowest BCUT2D eigenvalue weighted by atomic mass is 10.1. The van der Waals surface area contributed by atoms with Crippen molar-refractivity contribution in [2.75, 3.05) is 6.54 Å². The van der Waals surface area contributed by atoms with Crippen LogP contribution < -0.4 is 5.73 Å². The van der Waals surface area contributed by atoms with E-state index in [1.807, 2.05) is 12.1 Å². The average Bonchev–Trinajstić information content (AvgIpc) is 2.85. The summed E-state index contributed by atoms with van der Waals surface area (Å²) in [5.74, 6) is 1.42. The van der Waals surface area contributed by atoms with Crippen molar-refractivity contribution < 1.29 is 0 Å². The Balaban J connectivity index is 0.000000845. The van der Waals surface area contributed by atoms with Crippen molar-refractivity contribution in [3.05, 3.63) is 34.9 Å². The summed E-state index contributed by atoms with van der Waals surface area (Å²) in [5, 5.41) is 0.809. The van der Waals surface area contributed by atoms with E-state index in [-0.39, 0.29) is 12.4 Å². The Labute approximate surface area is 89.7 Å². The molecule has 1 aromatic rings. The Bertz CT molecular complexity index is 271. The van der Waals surface area contributed by atoms with Crippen molar-refractivity contribution in [1.29, 1.82) is 0 Å². The predicted octanol–water partition coefficient (Wildman–Crippen LogP) is 2.82. The molecule has 13 heavy (non-hydrogen) atoms. The molecule has 1 nitrogen and oxygen atoms in total. The van der Waals surface area contributed by atoms with Crippen LogP contribution in [0.25, 0.3) is 0 Å². The molecule has 0 bridgehead atoms. The lowest BCUT2D eigenvalue weighted by Gasteiger charge is -1.98. The van der Waals surface area contributed by atoms with Crippen LogP contribution in [0.4, 0.5) is 0 Å². The molecule has 2 atom stereocenters. The third kappa shape index (κ3) is 2.37. The molecule has 0 spiro atoms. The molecule has 1 aromatic carbocycles. The fourth-order valence-corrected chi connectivity index (χ4v) is 1.75. The topological polar surface area (TPSA) is 26.0 Å². The summed E-state index contributed by atoms with van der Waals surface area (Å²) >= 11 is 5.78. The van der Waals surface area contributed by atoms with Gasteiger partial charge in [-0.15, -0.1) is 12.4 Å². The zero-order chi connectivity index (χ0) is 8.55. The van der Waals surface area contributed by atoms with Gasteiger partial charge in [0.05, 0.1) is 0 Å². The average molecular weight is 218 g/mol. The lowest BCUT2D eigenvalue weighted by Crippen LogP contribution is -2.01. The summed E-state index contributed by atoms with van der Waals surface area (Å²) in [6, 6.07) is 8.09. The molecule has 1 saturated carbocycles. The standard InChI is InChI=1S/C10H12ClN.ClH/c11-9-3-1-7(2-4-9)10-5-8(10)6-12;/h1-4,8,10H,5-6,12H2;1H/t8-,10-;/m1./s1. The van der Waals surface area contributed by atoms with Gasteiger partial charge < -0.3 is 5.73 Å². The Hall–Kier alpha value is -0.240. The smallest absolute Gasteiger partial charge is 0.0406 e. The number of rotatable bonds is 2. The summed E-state index contributed by atoms with van der Waals surface area (Å²) in [5.41, 5.74) is 6.95. The van der Waals surface area contributed by atoms with Gasteiger partial charge in [0, 0.05) is 5.02 Å². The fourth-order valence-electron chi connectivity index (χ4n) is 1.63. The van der Waals surface area contributed by atoms with E-state index in [0.29, 0.717) is 11.8 Å². The van der Waals surface area contributed by atoms with Crippen LogP contribution in [-0.4, -0.2) is 6.54 Å². The monoisotopic (exact) mass is 217 g/mol. The summed E-state index contributed by atoms with van der Waals surface area (Å²) in [6.45, 7) is 0.813. The van der Waals surface area contributed by atoms with E-state index in [1.54, 1.807) is 0 Å². The Morgan fingerprint density at radius 2 is 1.92 bits per heavy atom. The van der Waals surface area contributed by atoms with Crippen LogP contribution in [0.15, 0.2) is 24.3 Å². The van der Waals surface area contributed by atoms with Gasteiger partial charge in [-0.25, -0.2) is 0 Å². The molecule has 0 heterocycles. The zero-order valence-electron chi connectivity index (χ0n) is 7.24. The molecule has 0 amide bonds. The number of benzene rings is 1. The van der Waals surface area contributed by atoms with Crippen molar-refractivity contribution in [2.24, 2.45) is 11.7 Å². The molecule has 0 radical (unpaired) electrons. The molecule has 1 aliphatic rings. The van der Waals surface area contributed by atoms with E-state index >= 15 is 0 Å². The fraction of sp³-hybridized carbons (Fsp3) is 0.400. The normalized spacial score (nSPS) is 25.1. The van der Waals surface area contributed by atoms with Crippen LogP contribution in [0.3, 0.4) is 0 Å². The van der Waals surface area contributed by atoms with Gasteiger partial charge in [-0.3, -0.25) is 0 Å². The zero-order valence-corrected chi connectivity index (χ0v) is 8.81. The quantitative estimate of drug-likeness (QED) is 0.811. The van der Waals surface area contributed by atoms with Crippen molar-refractivity contribution in [1.82, 2.24) is 0 Å². The highest BCUT2D eigenvalue weighted by molar-refractivity contribution is 6.30. The Morgan fingerprint density at radius 1 is 1.31 bits per heavy atom. The van der Waals surface area contributed by atoms with Gasteiger partial charge in [0.1, 0.15) is 0 Å². The number of hydrogen-bond acceptors (Lipinski definition) is 1. The van der Waals surface area contributed by atoms with Gasteiger partial charge in [-0.1, -0.05) is 23.7 Å². The first-order chi connectivity index (χ1) is 5.81. The minimum Gasteiger partial charge on any atom is -0.330 e. The van der Waals surface area contributed by atoms with Crippen LogP contribution in [0.2, 0.25) is 5.02 Å². The molecule has 0 aromatic heterocycles. The first-order valence-electron chi connectivity index (χ1n) is 4.27. The Morgan fingerprint density at radius 3 is 2.38 bits per heavy atom. The predicted molar refractivity (Wildman–Crippen MR) is 58.6 cm³/mol. The lowest BCUT2D eigenvalue weighted by molar-refractivity contribution is 0.810. The van der Waals surface area contributed by atoms with Crippen molar-refractivity contribution in [3.8, 4) is 0 Å². The third-order valence-electron chi connectivity index (χ3n) is 2.52. The highest BCUT2D eigenvalue weighted by Crippen LogP contribution is 2.46. The molecule has 1 aliphatic carbocycles. The molecular formula is C10H13Cl2N. The minimum atomic E-state index is 0. The van der Waals surface area contributed by atoms with Crippen LogP contribution in [-0.2, 0) is 0 Å². The molecule has 3 heteroatoms. The highest BCUT2D eigenvalue weighted by Gasteiger charge is 2.36. The number of halogens is 2. The molecule has 2 N–H and O–H groups in total. The summed E-state index contributed by atoms with van der Waals surface area (Å²) < 4.78 is 0. The molecule has 0 aliphatic heterocycles. The number of hydrogen-bond donors (Lipinski definition) is 1. The van der Waals surface area contributed by atoms with E-state index in [4.69, 9.17) is 17.3 Å². The van der Waals surface area contributed by atoms with Gasteiger partial charge >= 0.3 is 0 Å². The summed E-state index contributed by atoms with van der Waals surface area (Å²) in [4.78, 5) is 0. The van der Waals surface area contributed by atoms with Gasteiger partial charge in [-0.2, -0.15) is 0 Å². The minimum absolute atomic E-state index is 0. The first kappa shape index (κ1) is 10.8. The van der Waals surface area contributed by atoms with Crippen LogP contribution in [0.1, 0.15) is 17.9 Å². The third-order valence-corrected chi connectivity index (χ3v) is 2.78. The maximum atomic E-state index is 5.78. The van der Waals surface area contributed by atoms with Crippen LogP contribution in [0, 0.1) is 5.92 Å². The number of nitrogens with two attached hydrogens (primary N) is 1. The SMILES string of the molecule is Cl.NC[C@H]1C[C@@H]1c1ccc(Cl)cc1. The largest absolute Gasteiger partial charge is 0.330 e. The van der Waals surface area contributed by atoms with E-state index in [9.17, 15) is 0 Å². The molecule has 72 valence electrons. The van der Waals surface area contributed by atoms with E-state index in [1.165, 1.54) is 12.0 Å². The summed E-state index contributed by atoms with van der Waals surface area (Å²) in [6.07, 6.45) is 1.25. The van der Waals surface area contributed by atoms with Gasteiger partial charge in [0.15, 0.2) is 0 Å². The maximum absolute atomic E-state index is 5.78. The Kier molecular flexibility index (Phi) is 3.60. The van der Waals surface area contributed by atoms with Crippen molar-refractivity contribution in [2.45, 2.75) is 12.3 Å². The van der Waals surface area contributed by atoms with Crippen molar-refractivity contribution in [3.63, 3.8) is 0 Å². The molecule has 0 unspecified atom stereocenters. The molecular weight excluding hydrogens is 205 g/mol. The van der Waals surface area contributed by atoms with Crippen molar-refractivity contribution >= 4 is 24.0 Å². The second kappa shape index (κ2) is 4.32. The van der Waals surface area contributed by atoms with Gasteiger partial charge in [-0.05, 0) is 42.5 Å². The van der Waals surface area contributed by atoms with E-state index < -0.39 is 0 Å². The van der Waals surface area contributed by atoms with Crippen LogP contribution >= 0.6 is 24.0 Å². The van der Waals surface area contributed by atoms with Crippen LogP contribution in [0.5, 0.6) is 0 Å². The first-order valence-corrected chi connectivity index (χ1v) is 4.64. The molecule has 0 saturated heterocycles. The summed E-state index contributed by atoms with van der Waals surface area (Å²) in [7, 11) is 0. The second-order valence-electron chi connectivity index (χ2n) is 3.39. The highest BCUT2D eigenvalue weighted by atomic mass is 35.5. The van der Waals surface area contributed by atoms with E-state index in [0.717, 1.165) is 11.6 Å². The molecule has 1 fully saturated rings. The second-order valence-corrected chi connectivity index (χ2v) is 3.83. The van der Waals surface area contributed by atoms with E-state index in [2.05, 4.69) is 12.1 Å². The van der Waals surface area contributed by atoms with Gasteiger partial charge in [0.2, 0.25) is 0 Å². The maximum Gasteiger partial charge on any atom is 0.0406 e. The van der Waals surface area contributed by atoms with Gasteiger partial charge in [0.25, 0.3) is 0 Å².